The lowest BCUT2D eigenvalue weighted by Gasteiger charge is -2.12. The number of hydrogen-bond donors (Lipinski definition) is 2. The van der Waals surface area contributed by atoms with E-state index in [2.05, 4.69) is 16.4 Å². The summed E-state index contributed by atoms with van der Waals surface area (Å²) in [7, 11) is 0. The Hall–Kier alpha value is -1.51. The second-order valence-corrected chi connectivity index (χ2v) is 4.90. The number of allylic oxidation sites excluding steroid dienone is 1. The summed E-state index contributed by atoms with van der Waals surface area (Å²) < 4.78 is 0. The van der Waals surface area contributed by atoms with E-state index in [1.54, 1.807) is 0 Å². The highest BCUT2D eigenvalue weighted by molar-refractivity contribution is 5.76. The molecule has 98 valence electrons. The Balaban J connectivity index is 1.58. The van der Waals surface area contributed by atoms with E-state index in [-0.39, 0.29) is 5.91 Å². The van der Waals surface area contributed by atoms with Gasteiger partial charge in [0, 0.05) is 24.9 Å². The van der Waals surface area contributed by atoms with Crippen LogP contribution in [0.1, 0.15) is 44.2 Å². The topological polar surface area (TPSA) is 44.9 Å². The molecule has 0 radical (unpaired) electrons. The van der Waals surface area contributed by atoms with Crippen LogP contribution in [-0.2, 0) is 11.2 Å². The summed E-state index contributed by atoms with van der Waals surface area (Å²) in [5.41, 5.74) is 2.64. The third-order valence-corrected chi connectivity index (χ3v) is 3.44. The van der Waals surface area contributed by atoms with Crippen molar-refractivity contribution in [3.63, 3.8) is 0 Å². The molecule has 3 heteroatoms. The molecule has 1 aromatic rings. The van der Waals surface area contributed by atoms with Gasteiger partial charge in [0.2, 0.25) is 5.91 Å². The molecule has 18 heavy (non-hydrogen) atoms. The van der Waals surface area contributed by atoms with Crippen molar-refractivity contribution in [2.45, 2.75) is 44.9 Å². The number of aromatic nitrogens is 1. The molecule has 0 saturated heterocycles. The van der Waals surface area contributed by atoms with Crippen molar-refractivity contribution in [2.75, 3.05) is 6.54 Å². The van der Waals surface area contributed by atoms with Crippen molar-refractivity contribution in [1.82, 2.24) is 10.3 Å². The molecule has 1 aromatic heterocycles. The Bertz CT molecular complexity index is 393. The average molecular weight is 246 g/mol. The highest BCUT2D eigenvalue weighted by Gasteiger charge is 2.05. The molecule has 1 amide bonds. The van der Waals surface area contributed by atoms with Gasteiger partial charge in [-0.2, -0.15) is 0 Å². The van der Waals surface area contributed by atoms with Crippen LogP contribution in [0.5, 0.6) is 0 Å². The van der Waals surface area contributed by atoms with Crippen LogP contribution in [0, 0.1) is 0 Å². The second kappa shape index (κ2) is 7.04. The van der Waals surface area contributed by atoms with Gasteiger partial charge in [0.15, 0.2) is 0 Å². The number of H-pyrrole nitrogens is 1. The van der Waals surface area contributed by atoms with Gasteiger partial charge in [-0.3, -0.25) is 4.79 Å². The summed E-state index contributed by atoms with van der Waals surface area (Å²) in [6.07, 6.45) is 11.7. The van der Waals surface area contributed by atoms with Gasteiger partial charge in [-0.25, -0.2) is 0 Å². The first-order valence-electron chi connectivity index (χ1n) is 6.91. The third kappa shape index (κ3) is 4.40. The molecule has 1 aliphatic carbocycles. The lowest BCUT2D eigenvalue weighted by atomic mass is 9.97. The van der Waals surface area contributed by atoms with Crippen molar-refractivity contribution in [1.29, 1.82) is 0 Å². The van der Waals surface area contributed by atoms with E-state index in [1.807, 2.05) is 18.3 Å². The number of aryl methyl sites for hydroxylation is 1. The molecule has 2 N–H and O–H groups in total. The van der Waals surface area contributed by atoms with Crippen LogP contribution in [0.2, 0.25) is 0 Å². The molecular formula is C15H22N2O. The van der Waals surface area contributed by atoms with Crippen LogP contribution in [0.25, 0.3) is 0 Å². The molecule has 0 fully saturated rings. The van der Waals surface area contributed by atoms with E-state index in [1.165, 1.54) is 31.3 Å². The van der Waals surface area contributed by atoms with Crippen LogP contribution in [0.4, 0.5) is 0 Å². The molecular weight excluding hydrogens is 224 g/mol. The van der Waals surface area contributed by atoms with Gasteiger partial charge in [-0.1, -0.05) is 11.6 Å². The van der Waals surface area contributed by atoms with Gasteiger partial charge in [0.1, 0.15) is 0 Å². The van der Waals surface area contributed by atoms with Gasteiger partial charge in [-0.15, -0.1) is 0 Å². The predicted molar refractivity (Wildman–Crippen MR) is 73.3 cm³/mol. The molecule has 0 saturated carbocycles. The Morgan fingerprint density at radius 3 is 3.00 bits per heavy atom. The fourth-order valence-corrected chi connectivity index (χ4v) is 2.35. The Morgan fingerprint density at radius 1 is 1.33 bits per heavy atom. The number of aromatic amines is 1. The number of nitrogens with one attached hydrogen (secondary N) is 2. The minimum atomic E-state index is 0.154. The lowest BCUT2D eigenvalue weighted by molar-refractivity contribution is -0.121. The van der Waals surface area contributed by atoms with Crippen LogP contribution >= 0.6 is 0 Å². The predicted octanol–water partition coefficient (Wildman–Crippen LogP) is 2.95. The lowest BCUT2D eigenvalue weighted by Crippen LogP contribution is -2.25. The smallest absolute Gasteiger partial charge is 0.220 e. The number of rotatable bonds is 6. The highest BCUT2D eigenvalue weighted by Crippen LogP contribution is 2.19. The van der Waals surface area contributed by atoms with Crippen LogP contribution < -0.4 is 5.32 Å². The minimum Gasteiger partial charge on any atom is -0.365 e. The van der Waals surface area contributed by atoms with Gasteiger partial charge in [0.25, 0.3) is 0 Å². The van der Waals surface area contributed by atoms with Gasteiger partial charge in [-0.05, 0) is 50.7 Å². The van der Waals surface area contributed by atoms with Crippen molar-refractivity contribution in [3.05, 3.63) is 35.7 Å². The normalized spacial score (nSPS) is 15.2. The van der Waals surface area contributed by atoms with Crippen LogP contribution in [0.15, 0.2) is 30.0 Å². The summed E-state index contributed by atoms with van der Waals surface area (Å²) in [5.74, 6) is 0.154. The average Bonchev–Trinajstić information content (AvgIpc) is 2.91. The molecule has 0 bridgehead atoms. The highest BCUT2D eigenvalue weighted by atomic mass is 16.1. The first kappa shape index (κ1) is 12.9. The molecule has 1 heterocycles. The first-order valence-corrected chi connectivity index (χ1v) is 6.91. The zero-order chi connectivity index (χ0) is 12.6. The fourth-order valence-electron chi connectivity index (χ4n) is 2.35. The number of carbonyl (C=O) groups is 1. The zero-order valence-corrected chi connectivity index (χ0v) is 10.9. The third-order valence-electron chi connectivity index (χ3n) is 3.44. The summed E-state index contributed by atoms with van der Waals surface area (Å²) in [4.78, 5) is 14.7. The van der Waals surface area contributed by atoms with E-state index in [9.17, 15) is 4.79 Å². The standard InChI is InChI=1S/C15H22N2O/c18-15(9-8-14-7-4-11-16-14)17-12-10-13-5-2-1-3-6-13/h4-5,7,11,16H,1-3,6,8-10,12H2,(H,17,18). The SMILES string of the molecule is O=C(CCc1ccc[nH]1)NCCC1=CCCCC1. The van der Waals surface area contributed by atoms with Gasteiger partial charge in [0.05, 0.1) is 0 Å². The molecule has 0 unspecified atom stereocenters. The summed E-state index contributed by atoms with van der Waals surface area (Å²) in [5, 5.41) is 3.00. The van der Waals surface area contributed by atoms with Crippen LogP contribution in [0.3, 0.4) is 0 Å². The molecule has 3 nitrogen and oxygen atoms in total. The number of amides is 1. The summed E-state index contributed by atoms with van der Waals surface area (Å²) in [6.45, 7) is 0.787. The van der Waals surface area contributed by atoms with Crippen molar-refractivity contribution < 1.29 is 4.79 Å². The second-order valence-electron chi connectivity index (χ2n) is 4.90. The van der Waals surface area contributed by atoms with E-state index >= 15 is 0 Å². The largest absolute Gasteiger partial charge is 0.365 e. The Kier molecular flexibility index (Phi) is 5.06. The maximum Gasteiger partial charge on any atom is 0.220 e. The number of hydrogen-bond acceptors (Lipinski definition) is 1. The quantitative estimate of drug-likeness (QED) is 0.745. The maximum atomic E-state index is 11.6. The fraction of sp³-hybridized carbons (Fsp3) is 0.533. The molecule has 0 aliphatic heterocycles. The van der Waals surface area contributed by atoms with Crippen LogP contribution in [-0.4, -0.2) is 17.4 Å². The van der Waals surface area contributed by atoms with Gasteiger partial charge < -0.3 is 10.3 Å². The maximum absolute atomic E-state index is 11.6. The summed E-state index contributed by atoms with van der Waals surface area (Å²) in [6, 6.07) is 3.98. The Labute approximate surface area is 109 Å². The first-order chi connectivity index (χ1) is 8.84. The molecule has 2 rings (SSSR count). The van der Waals surface area contributed by atoms with Gasteiger partial charge >= 0.3 is 0 Å². The minimum absolute atomic E-state index is 0.154. The van der Waals surface area contributed by atoms with E-state index in [0.717, 1.165) is 25.1 Å². The zero-order valence-electron chi connectivity index (χ0n) is 10.9. The van der Waals surface area contributed by atoms with E-state index in [4.69, 9.17) is 0 Å². The molecule has 0 aromatic carbocycles. The number of carbonyl (C=O) groups excluding carboxylic acids is 1. The Morgan fingerprint density at radius 2 is 2.28 bits per heavy atom. The molecule has 0 spiro atoms. The molecule has 0 atom stereocenters. The summed E-state index contributed by atoms with van der Waals surface area (Å²) >= 11 is 0. The van der Waals surface area contributed by atoms with E-state index < -0.39 is 0 Å². The van der Waals surface area contributed by atoms with Crippen molar-refractivity contribution in [3.8, 4) is 0 Å². The van der Waals surface area contributed by atoms with E-state index in [0.29, 0.717) is 6.42 Å². The van der Waals surface area contributed by atoms with Crippen molar-refractivity contribution in [2.24, 2.45) is 0 Å². The monoisotopic (exact) mass is 246 g/mol. The van der Waals surface area contributed by atoms with Crippen molar-refractivity contribution >= 4 is 5.91 Å². The molecule has 1 aliphatic rings.